The summed E-state index contributed by atoms with van der Waals surface area (Å²) in [5.74, 6) is 0.574. The number of allylic oxidation sites excluding steroid dienone is 5. The number of benzene rings is 1. The van der Waals surface area contributed by atoms with E-state index in [1.807, 2.05) is 56.5 Å². The second-order valence-corrected chi connectivity index (χ2v) is 9.87. The molecule has 3 heterocycles. The zero-order chi connectivity index (χ0) is 26.2. The Bertz CT molecular complexity index is 1510. The molecule has 1 aromatic carbocycles. The standard InChI is InChI=1S/C18H18ClNO.C8H9N5S2/c1-4-7-10-14(5-2)20-15(6-3)12-13-9-8-11-16(19)17(13)18(20)21;1-14-8-12-3-5(15-8)4-2-11-7(10)13-6(4)9/h4-5,7-12H,2,6H2,1,3H3;2-3H,1H3,(H4,9,10,11,13)/b7-4-,14-10+;. The fourth-order valence-corrected chi connectivity index (χ4v) is 5.11. The molecule has 0 unspecified atom stereocenters. The molecule has 0 atom stereocenters. The smallest absolute Gasteiger partial charge is 0.264 e. The van der Waals surface area contributed by atoms with E-state index in [4.69, 9.17) is 23.1 Å². The number of halogens is 1. The molecule has 0 aliphatic heterocycles. The largest absolute Gasteiger partial charge is 0.383 e. The minimum atomic E-state index is -0.106. The van der Waals surface area contributed by atoms with Crippen molar-refractivity contribution in [1.82, 2.24) is 19.5 Å². The van der Waals surface area contributed by atoms with Crippen LogP contribution in [0.3, 0.4) is 0 Å². The molecular formula is C26H27ClN6OS2. The van der Waals surface area contributed by atoms with Crippen molar-refractivity contribution in [2.24, 2.45) is 0 Å². The first-order valence-corrected chi connectivity index (χ1v) is 13.4. The van der Waals surface area contributed by atoms with Gasteiger partial charge in [-0.2, -0.15) is 4.98 Å². The summed E-state index contributed by atoms with van der Waals surface area (Å²) in [6.45, 7) is 7.77. The van der Waals surface area contributed by atoms with E-state index in [2.05, 4.69) is 21.5 Å². The lowest BCUT2D eigenvalue weighted by molar-refractivity contribution is 0.912. The van der Waals surface area contributed by atoms with Crippen LogP contribution in [0.25, 0.3) is 26.9 Å². The normalized spacial score (nSPS) is 11.5. The summed E-state index contributed by atoms with van der Waals surface area (Å²) in [5, 5.41) is 1.89. The van der Waals surface area contributed by atoms with Crippen molar-refractivity contribution < 1.29 is 0 Å². The van der Waals surface area contributed by atoms with Gasteiger partial charge in [-0.3, -0.25) is 9.36 Å². The van der Waals surface area contributed by atoms with Gasteiger partial charge in [-0.05, 0) is 49.3 Å². The number of aromatic nitrogens is 4. The number of fused-ring (bicyclic) bond motifs is 1. The third-order valence-corrected chi connectivity index (χ3v) is 7.47. The average Bonchev–Trinajstić information content (AvgIpc) is 3.34. The first-order valence-electron chi connectivity index (χ1n) is 11.0. The number of thiazole rings is 1. The van der Waals surface area contributed by atoms with E-state index in [0.717, 1.165) is 38.0 Å². The van der Waals surface area contributed by atoms with Gasteiger partial charge in [-0.15, -0.1) is 11.3 Å². The number of aryl methyl sites for hydroxylation is 1. The Labute approximate surface area is 223 Å². The number of nitrogen functional groups attached to an aromatic ring is 2. The van der Waals surface area contributed by atoms with Crippen LogP contribution in [0.15, 0.2) is 76.7 Å². The van der Waals surface area contributed by atoms with Crippen LogP contribution in [-0.2, 0) is 6.42 Å². The zero-order valence-corrected chi connectivity index (χ0v) is 22.6. The highest BCUT2D eigenvalue weighted by atomic mass is 35.5. The number of anilines is 2. The molecule has 0 aliphatic carbocycles. The molecule has 0 saturated carbocycles. The summed E-state index contributed by atoms with van der Waals surface area (Å²) in [6.07, 6.45) is 13.5. The van der Waals surface area contributed by atoms with Crippen molar-refractivity contribution in [2.75, 3.05) is 17.7 Å². The van der Waals surface area contributed by atoms with Gasteiger partial charge in [-0.1, -0.05) is 61.2 Å². The molecule has 0 fully saturated rings. The predicted octanol–water partition coefficient (Wildman–Crippen LogP) is 6.31. The first kappa shape index (κ1) is 27.2. The third kappa shape index (κ3) is 6.04. The molecule has 10 heteroatoms. The van der Waals surface area contributed by atoms with E-state index < -0.39 is 0 Å². The number of rotatable bonds is 6. The number of thioether (sulfide) groups is 1. The van der Waals surface area contributed by atoms with Gasteiger partial charge >= 0.3 is 0 Å². The van der Waals surface area contributed by atoms with Gasteiger partial charge in [0.25, 0.3) is 5.56 Å². The summed E-state index contributed by atoms with van der Waals surface area (Å²) in [5.41, 5.74) is 13.5. The van der Waals surface area contributed by atoms with Gasteiger partial charge in [0.15, 0.2) is 0 Å². The Morgan fingerprint density at radius 2 is 2.06 bits per heavy atom. The van der Waals surface area contributed by atoms with Gasteiger partial charge in [0.05, 0.1) is 20.8 Å². The summed E-state index contributed by atoms with van der Waals surface area (Å²) in [7, 11) is 0. The maximum atomic E-state index is 12.9. The van der Waals surface area contributed by atoms with Crippen molar-refractivity contribution in [2.45, 2.75) is 24.6 Å². The summed E-state index contributed by atoms with van der Waals surface area (Å²) >= 11 is 9.36. The summed E-state index contributed by atoms with van der Waals surface area (Å²) in [6, 6.07) is 7.52. The van der Waals surface area contributed by atoms with Crippen molar-refractivity contribution >= 4 is 62.9 Å². The quantitative estimate of drug-likeness (QED) is 0.218. The van der Waals surface area contributed by atoms with Crippen molar-refractivity contribution in [1.29, 1.82) is 0 Å². The highest BCUT2D eigenvalue weighted by Crippen LogP contribution is 2.32. The molecule has 0 saturated heterocycles. The van der Waals surface area contributed by atoms with Crippen LogP contribution in [0.1, 0.15) is 19.5 Å². The van der Waals surface area contributed by atoms with E-state index in [1.165, 1.54) is 0 Å². The molecule has 186 valence electrons. The van der Waals surface area contributed by atoms with Crippen LogP contribution in [0.2, 0.25) is 5.02 Å². The van der Waals surface area contributed by atoms with E-state index in [0.29, 0.717) is 16.2 Å². The minimum absolute atomic E-state index is 0.106. The highest BCUT2D eigenvalue weighted by molar-refractivity contribution is 8.00. The zero-order valence-electron chi connectivity index (χ0n) is 20.2. The Morgan fingerprint density at radius 3 is 2.67 bits per heavy atom. The molecule has 4 N–H and O–H groups in total. The molecule has 4 rings (SSSR count). The maximum Gasteiger partial charge on any atom is 0.264 e. The van der Waals surface area contributed by atoms with E-state index in [9.17, 15) is 4.79 Å². The molecule has 0 amide bonds. The van der Waals surface area contributed by atoms with Gasteiger partial charge in [0.1, 0.15) is 10.2 Å². The van der Waals surface area contributed by atoms with Gasteiger partial charge in [0, 0.05) is 23.8 Å². The second-order valence-electron chi connectivity index (χ2n) is 7.38. The van der Waals surface area contributed by atoms with Gasteiger partial charge < -0.3 is 11.5 Å². The number of pyridine rings is 1. The lowest BCUT2D eigenvalue weighted by Gasteiger charge is -2.14. The highest BCUT2D eigenvalue weighted by Gasteiger charge is 2.12. The van der Waals surface area contributed by atoms with Crippen molar-refractivity contribution in [3.05, 3.63) is 88.6 Å². The van der Waals surface area contributed by atoms with Crippen LogP contribution >= 0.6 is 34.7 Å². The molecule has 7 nitrogen and oxygen atoms in total. The Hall–Kier alpha value is -3.40. The first-order chi connectivity index (χ1) is 17.3. The lowest BCUT2D eigenvalue weighted by Crippen LogP contribution is -2.22. The van der Waals surface area contributed by atoms with Gasteiger partial charge in [-0.25, -0.2) is 9.97 Å². The van der Waals surface area contributed by atoms with Crippen LogP contribution in [0.4, 0.5) is 11.8 Å². The summed E-state index contributed by atoms with van der Waals surface area (Å²) in [4.78, 5) is 25.8. The molecule has 4 aromatic rings. The fourth-order valence-electron chi connectivity index (χ4n) is 3.42. The van der Waals surface area contributed by atoms with E-state index >= 15 is 0 Å². The molecule has 3 aromatic heterocycles. The average molecular weight is 539 g/mol. The Kier molecular flexibility index (Phi) is 9.46. The number of hydrogen-bond acceptors (Lipinski definition) is 8. The van der Waals surface area contributed by atoms with Gasteiger partial charge in [0.2, 0.25) is 5.95 Å². The molecule has 0 bridgehead atoms. The number of nitrogens with two attached hydrogens (primary N) is 2. The van der Waals surface area contributed by atoms with Crippen molar-refractivity contribution in [3.63, 3.8) is 0 Å². The third-order valence-electron chi connectivity index (χ3n) is 5.12. The molecule has 0 spiro atoms. The fraction of sp³-hybridized carbons (Fsp3) is 0.154. The van der Waals surface area contributed by atoms with Crippen LogP contribution < -0.4 is 17.0 Å². The van der Waals surface area contributed by atoms with Crippen LogP contribution in [0.5, 0.6) is 0 Å². The topological polar surface area (TPSA) is 113 Å². The number of nitrogens with zero attached hydrogens (tertiary/aromatic N) is 4. The molecule has 36 heavy (non-hydrogen) atoms. The SMILES string of the molecule is C=C/C(=C\C=C/C)n1c(CC)cc2cccc(Cl)c2c1=O.CSc1ncc(-c2cnc(N)nc2N)s1. The van der Waals surface area contributed by atoms with E-state index in [-0.39, 0.29) is 11.5 Å². The maximum absolute atomic E-state index is 12.9. The number of hydrogen-bond donors (Lipinski definition) is 2. The van der Waals surface area contributed by atoms with Crippen LogP contribution in [0, 0.1) is 0 Å². The van der Waals surface area contributed by atoms with Crippen LogP contribution in [-0.4, -0.2) is 25.8 Å². The summed E-state index contributed by atoms with van der Waals surface area (Å²) < 4.78 is 2.67. The monoisotopic (exact) mass is 538 g/mol. The molecular weight excluding hydrogens is 512 g/mol. The molecule has 0 radical (unpaired) electrons. The Balaban J connectivity index is 0.000000212. The lowest BCUT2D eigenvalue weighted by atomic mass is 10.1. The minimum Gasteiger partial charge on any atom is -0.383 e. The second kappa shape index (κ2) is 12.5. The predicted molar refractivity (Wildman–Crippen MR) is 156 cm³/mol. The Morgan fingerprint density at radius 1 is 1.28 bits per heavy atom. The van der Waals surface area contributed by atoms with Crippen molar-refractivity contribution in [3.8, 4) is 10.4 Å². The van der Waals surface area contributed by atoms with E-state index in [1.54, 1.807) is 52.2 Å². The molecule has 0 aliphatic rings.